The van der Waals surface area contributed by atoms with E-state index in [9.17, 15) is 19.8 Å². The highest BCUT2D eigenvalue weighted by molar-refractivity contribution is 5.67. The molecule has 0 saturated heterocycles. The molecule has 276 valence electrons. The quantitative estimate of drug-likeness (QED) is 0.0499. The van der Waals surface area contributed by atoms with Gasteiger partial charge in [-0.3, -0.25) is 9.59 Å². The Morgan fingerprint density at radius 1 is 0.348 bits per heavy atom. The Morgan fingerprint density at radius 3 is 0.696 bits per heavy atom. The van der Waals surface area contributed by atoms with Crippen LogP contribution in [-0.2, 0) is 9.59 Å². The third kappa shape index (κ3) is 45.0. The van der Waals surface area contributed by atoms with E-state index in [-0.39, 0.29) is 12.8 Å². The Kier molecular flexibility index (Phi) is 40.9. The van der Waals surface area contributed by atoms with Gasteiger partial charge in [0.1, 0.15) is 0 Å². The molecule has 0 aromatic rings. The Hall–Kier alpha value is -1.14. The Balaban J connectivity index is 0. The van der Waals surface area contributed by atoms with Gasteiger partial charge in [0, 0.05) is 0 Å². The zero-order valence-corrected chi connectivity index (χ0v) is 30.8. The second-order valence-electron chi connectivity index (χ2n) is 14.0. The predicted octanol–water partition coefficient (Wildman–Crippen LogP) is 12.2. The van der Waals surface area contributed by atoms with E-state index in [4.69, 9.17) is 10.2 Å². The summed E-state index contributed by atoms with van der Waals surface area (Å²) < 4.78 is 0. The minimum absolute atomic E-state index is 0.112. The predicted molar refractivity (Wildman–Crippen MR) is 196 cm³/mol. The molecule has 6 nitrogen and oxygen atoms in total. The number of rotatable bonds is 36. The topological polar surface area (TPSA) is 115 Å². The average Bonchev–Trinajstić information content (AvgIpc) is 3.00. The molecule has 0 amide bonds. The number of aliphatic hydroxyl groups excluding tert-OH is 2. The van der Waals surface area contributed by atoms with E-state index in [0.717, 1.165) is 25.7 Å². The summed E-state index contributed by atoms with van der Waals surface area (Å²) in [5.74, 6) is -1.81. The number of aliphatic carboxylic acids is 2. The van der Waals surface area contributed by atoms with E-state index in [0.29, 0.717) is 12.8 Å². The van der Waals surface area contributed by atoms with Crippen molar-refractivity contribution < 1.29 is 30.0 Å². The van der Waals surface area contributed by atoms with Crippen LogP contribution in [0.1, 0.15) is 232 Å². The maximum atomic E-state index is 10.4. The van der Waals surface area contributed by atoms with Gasteiger partial charge in [-0.2, -0.15) is 0 Å². The summed E-state index contributed by atoms with van der Waals surface area (Å²) in [6, 6.07) is 0. The number of carboxylic acid groups (broad SMARTS) is 2. The highest BCUT2D eigenvalue weighted by atomic mass is 16.4. The lowest BCUT2D eigenvalue weighted by Crippen LogP contribution is -2.12. The van der Waals surface area contributed by atoms with Crippen molar-refractivity contribution in [2.45, 2.75) is 244 Å². The molecule has 0 radical (unpaired) electrons. The van der Waals surface area contributed by atoms with Gasteiger partial charge in [-0.1, -0.05) is 206 Å². The molecule has 2 unspecified atom stereocenters. The molecule has 0 aromatic heterocycles. The zero-order valence-electron chi connectivity index (χ0n) is 30.8. The number of aliphatic hydroxyl groups is 2. The van der Waals surface area contributed by atoms with E-state index >= 15 is 0 Å². The summed E-state index contributed by atoms with van der Waals surface area (Å²) in [5, 5.41) is 36.0. The number of unbranched alkanes of at least 4 members (excludes halogenated alkanes) is 28. The summed E-state index contributed by atoms with van der Waals surface area (Å²) in [6.45, 7) is 4.53. The first-order valence-corrected chi connectivity index (χ1v) is 20.1. The molecule has 4 N–H and O–H groups in total. The fraction of sp³-hybridized carbons (Fsp3) is 0.950. The maximum Gasteiger partial charge on any atom is 0.305 e. The summed E-state index contributed by atoms with van der Waals surface area (Å²) >= 11 is 0. The van der Waals surface area contributed by atoms with Crippen LogP contribution in [0.2, 0.25) is 0 Å². The van der Waals surface area contributed by atoms with Gasteiger partial charge < -0.3 is 20.4 Å². The summed E-state index contributed by atoms with van der Waals surface area (Å²) in [4.78, 5) is 20.8. The minimum Gasteiger partial charge on any atom is -0.481 e. The van der Waals surface area contributed by atoms with Crippen molar-refractivity contribution in [1.29, 1.82) is 0 Å². The van der Waals surface area contributed by atoms with Gasteiger partial charge in [0.15, 0.2) is 0 Å². The van der Waals surface area contributed by atoms with E-state index in [1.54, 1.807) is 0 Å². The van der Waals surface area contributed by atoms with Crippen LogP contribution in [0.3, 0.4) is 0 Å². The van der Waals surface area contributed by atoms with Crippen molar-refractivity contribution in [2.24, 2.45) is 0 Å². The molecular weight excluding hydrogens is 576 g/mol. The summed E-state index contributed by atoms with van der Waals surface area (Å²) in [5.41, 5.74) is 0. The first kappa shape index (κ1) is 47.0. The first-order valence-electron chi connectivity index (χ1n) is 20.1. The maximum absolute atomic E-state index is 10.4. The minimum atomic E-state index is -0.904. The van der Waals surface area contributed by atoms with Crippen LogP contribution in [0, 0.1) is 0 Å². The van der Waals surface area contributed by atoms with Crippen molar-refractivity contribution in [2.75, 3.05) is 0 Å². The van der Waals surface area contributed by atoms with E-state index in [2.05, 4.69) is 13.8 Å². The monoisotopic (exact) mass is 657 g/mol. The molecule has 0 aromatic carbocycles. The smallest absolute Gasteiger partial charge is 0.305 e. The van der Waals surface area contributed by atoms with Gasteiger partial charge in [-0.15, -0.1) is 0 Å². The molecule has 0 fully saturated rings. The fourth-order valence-electron chi connectivity index (χ4n) is 6.11. The molecule has 0 spiro atoms. The SMILES string of the molecule is CCCCCCCCCCCCCCCCCC(O)CC(=O)O.CCCCCCCCCCCCCCCCCC(O)CC(=O)O. The molecule has 6 heteroatoms. The van der Waals surface area contributed by atoms with Crippen LogP contribution in [0.4, 0.5) is 0 Å². The molecule has 0 aliphatic rings. The van der Waals surface area contributed by atoms with Crippen molar-refractivity contribution >= 4 is 11.9 Å². The van der Waals surface area contributed by atoms with E-state index < -0.39 is 24.1 Å². The third-order valence-corrected chi connectivity index (χ3v) is 9.10. The van der Waals surface area contributed by atoms with Gasteiger partial charge in [-0.25, -0.2) is 0 Å². The number of carboxylic acids is 2. The second-order valence-corrected chi connectivity index (χ2v) is 14.0. The highest BCUT2D eigenvalue weighted by Gasteiger charge is 2.09. The molecule has 46 heavy (non-hydrogen) atoms. The average molecular weight is 657 g/mol. The van der Waals surface area contributed by atoms with Crippen molar-refractivity contribution in [3.05, 3.63) is 0 Å². The third-order valence-electron chi connectivity index (χ3n) is 9.10. The lowest BCUT2D eigenvalue weighted by atomic mass is 10.0. The molecule has 0 bridgehead atoms. The lowest BCUT2D eigenvalue weighted by molar-refractivity contribution is -0.140. The highest BCUT2D eigenvalue weighted by Crippen LogP contribution is 2.16. The van der Waals surface area contributed by atoms with Crippen molar-refractivity contribution in [3.8, 4) is 0 Å². The molecule has 0 rings (SSSR count). The molecule has 0 heterocycles. The molecule has 0 saturated carbocycles. The van der Waals surface area contributed by atoms with Crippen LogP contribution in [0.15, 0.2) is 0 Å². The standard InChI is InChI=1S/2C20H40O3/c2*1-2-3-4-5-6-7-8-9-10-11-12-13-14-15-16-17-19(21)18-20(22)23/h2*19,21H,2-18H2,1H3,(H,22,23). The van der Waals surface area contributed by atoms with E-state index in [1.807, 2.05) is 0 Å². The Bertz CT molecular complexity index is 559. The largest absolute Gasteiger partial charge is 0.481 e. The molecular formula is C40H80O6. The van der Waals surface area contributed by atoms with Crippen LogP contribution >= 0.6 is 0 Å². The van der Waals surface area contributed by atoms with Gasteiger partial charge in [0.25, 0.3) is 0 Å². The first-order chi connectivity index (χ1) is 22.3. The normalized spacial score (nSPS) is 12.4. The summed E-state index contributed by atoms with van der Waals surface area (Å²) in [7, 11) is 0. The van der Waals surface area contributed by atoms with Crippen LogP contribution in [0.5, 0.6) is 0 Å². The van der Waals surface area contributed by atoms with Gasteiger partial charge in [0.2, 0.25) is 0 Å². The van der Waals surface area contributed by atoms with Crippen LogP contribution in [-0.4, -0.2) is 44.6 Å². The van der Waals surface area contributed by atoms with Gasteiger partial charge >= 0.3 is 11.9 Å². The van der Waals surface area contributed by atoms with Crippen LogP contribution < -0.4 is 0 Å². The van der Waals surface area contributed by atoms with Gasteiger partial charge in [0.05, 0.1) is 25.0 Å². The molecule has 2 atom stereocenters. The lowest BCUT2D eigenvalue weighted by Gasteiger charge is -2.07. The fourth-order valence-corrected chi connectivity index (χ4v) is 6.11. The number of hydrogen-bond donors (Lipinski definition) is 4. The summed E-state index contributed by atoms with van der Waals surface area (Å²) in [6.07, 6.45) is 39.5. The van der Waals surface area contributed by atoms with Crippen molar-refractivity contribution in [3.63, 3.8) is 0 Å². The van der Waals surface area contributed by atoms with E-state index in [1.165, 1.54) is 167 Å². The van der Waals surface area contributed by atoms with Crippen LogP contribution in [0.25, 0.3) is 0 Å². The zero-order chi connectivity index (χ0) is 34.4. The van der Waals surface area contributed by atoms with Crippen molar-refractivity contribution in [1.82, 2.24) is 0 Å². The molecule has 0 aliphatic heterocycles. The molecule has 0 aliphatic carbocycles. The number of hydrogen-bond acceptors (Lipinski definition) is 4. The number of carbonyl (C=O) groups is 2. The Labute approximate surface area is 285 Å². The van der Waals surface area contributed by atoms with Gasteiger partial charge in [-0.05, 0) is 12.8 Å². The second kappa shape index (κ2) is 40.0. The Morgan fingerprint density at radius 2 is 0.522 bits per heavy atom.